The van der Waals surface area contributed by atoms with Gasteiger partial charge in [0.05, 0.1) is 5.02 Å². The monoisotopic (exact) mass is 309 g/mol. The van der Waals surface area contributed by atoms with Crippen LogP contribution in [0.3, 0.4) is 0 Å². The fourth-order valence-electron chi connectivity index (χ4n) is 2.85. The van der Waals surface area contributed by atoms with Gasteiger partial charge in [-0.05, 0) is 58.1 Å². The maximum Gasteiger partial charge on any atom is 0.147 e. The average Bonchev–Trinajstić information content (AvgIpc) is 2.44. The normalized spacial score (nSPS) is 19.9. The van der Waals surface area contributed by atoms with Crippen LogP contribution in [0.15, 0.2) is 12.3 Å². The molecule has 1 fully saturated rings. The second kappa shape index (κ2) is 6.97. The van der Waals surface area contributed by atoms with E-state index in [0.29, 0.717) is 6.04 Å². The maximum atomic E-state index is 6.50. The summed E-state index contributed by atoms with van der Waals surface area (Å²) in [5.74, 6) is 0.961. The Balaban J connectivity index is 2.11. The van der Waals surface area contributed by atoms with Crippen molar-refractivity contribution in [3.05, 3.63) is 22.8 Å². The second-order valence-corrected chi connectivity index (χ2v) is 7.41. The third-order valence-electron chi connectivity index (χ3n) is 4.07. The van der Waals surface area contributed by atoms with Crippen LogP contribution < -0.4 is 10.2 Å². The molecule has 0 amide bonds. The van der Waals surface area contributed by atoms with E-state index in [1.807, 2.05) is 6.20 Å². The molecule has 4 heteroatoms. The quantitative estimate of drug-likeness (QED) is 0.894. The van der Waals surface area contributed by atoms with E-state index in [1.165, 1.54) is 19.3 Å². The van der Waals surface area contributed by atoms with Crippen LogP contribution in [0.25, 0.3) is 0 Å². The fourth-order valence-corrected chi connectivity index (χ4v) is 3.15. The van der Waals surface area contributed by atoms with Crippen molar-refractivity contribution >= 4 is 17.4 Å². The first-order chi connectivity index (χ1) is 9.90. The van der Waals surface area contributed by atoms with E-state index >= 15 is 0 Å². The predicted octanol–water partition coefficient (Wildman–Crippen LogP) is 4.39. The van der Waals surface area contributed by atoms with Gasteiger partial charge in [-0.3, -0.25) is 0 Å². The van der Waals surface area contributed by atoms with E-state index in [4.69, 9.17) is 11.6 Å². The van der Waals surface area contributed by atoms with Gasteiger partial charge < -0.3 is 10.2 Å². The molecule has 2 rings (SSSR count). The molecule has 0 spiro atoms. The van der Waals surface area contributed by atoms with Crippen molar-refractivity contribution in [1.29, 1.82) is 0 Å². The minimum Gasteiger partial charge on any atom is -0.352 e. The molecule has 0 aromatic carbocycles. The van der Waals surface area contributed by atoms with E-state index in [2.05, 4.69) is 49.0 Å². The number of piperidine rings is 1. The van der Waals surface area contributed by atoms with E-state index in [0.717, 1.165) is 35.9 Å². The highest BCUT2D eigenvalue weighted by atomic mass is 35.5. The van der Waals surface area contributed by atoms with Crippen LogP contribution in [0.2, 0.25) is 5.02 Å². The van der Waals surface area contributed by atoms with E-state index in [9.17, 15) is 0 Å². The van der Waals surface area contributed by atoms with Gasteiger partial charge in [0, 0.05) is 30.9 Å². The molecule has 1 saturated heterocycles. The lowest BCUT2D eigenvalue weighted by atomic mass is 10.00. The van der Waals surface area contributed by atoms with E-state index in [1.54, 1.807) is 0 Å². The largest absolute Gasteiger partial charge is 0.352 e. The molecule has 1 aromatic rings. The molecule has 1 aromatic heterocycles. The molecule has 21 heavy (non-hydrogen) atoms. The summed E-state index contributed by atoms with van der Waals surface area (Å²) in [5, 5.41) is 4.25. The van der Waals surface area contributed by atoms with Crippen molar-refractivity contribution < 1.29 is 0 Å². The van der Waals surface area contributed by atoms with Crippen molar-refractivity contribution in [3.8, 4) is 0 Å². The van der Waals surface area contributed by atoms with Crippen LogP contribution in [0.1, 0.15) is 58.9 Å². The molecule has 1 aliphatic rings. The summed E-state index contributed by atoms with van der Waals surface area (Å²) in [6, 6.07) is 2.64. The van der Waals surface area contributed by atoms with Gasteiger partial charge in [-0.1, -0.05) is 18.5 Å². The minimum atomic E-state index is 0.103. The number of rotatable bonds is 4. The molecular weight excluding hydrogens is 282 g/mol. The molecule has 1 N–H and O–H groups in total. The Kier molecular flexibility index (Phi) is 5.50. The molecule has 2 heterocycles. The number of anilines is 1. The number of nitrogens with one attached hydrogen (secondary N) is 1. The highest BCUT2D eigenvalue weighted by molar-refractivity contribution is 6.33. The molecule has 0 radical (unpaired) electrons. The third kappa shape index (κ3) is 4.58. The Morgan fingerprint density at radius 3 is 2.76 bits per heavy atom. The van der Waals surface area contributed by atoms with E-state index < -0.39 is 0 Å². The number of nitrogens with zero attached hydrogens (tertiary/aromatic N) is 2. The molecule has 118 valence electrons. The Labute approximate surface area is 134 Å². The van der Waals surface area contributed by atoms with Gasteiger partial charge in [0.15, 0.2) is 0 Å². The molecule has 0 bridgehead atoms. The lowest BCUT2D eigenvalue weighted by Gasteiger charge is -2.36. The van der Waals surface area contributed by atoms with Crippen molar-refractivity contribution in [2.24, 2.45) is 0 Å². The van der Waals surface area contributed by atoms with Crippen molar-refractivity contribution in [2.75, 3.05) is 11.4 Å². The van der Waals surface area contributed by atoms with Gasteiger partial charge in [0.25, 0.3) is 0 Å². The lowest BCUT2D eigenvalue weighted by molar-refractivity contribution is 0.423. The topological polar surface area (TPSA) is 28.2 Å². The van der Waals surface area contributed by atoms with Gasteiger partial charge in [0.1, 0.15) is 5.82 Å². The smallest absolute Gasteiger partial charge is 0.147 e. The van der Waals surface area contributed by atoms with Crippen LogP contribution in [0.5, 0.6) is 0 Å². The van der Waals surface area contributed by atoms with Gasteiger partial charge in [-0.15, -0.1) is 0 Å². The predicted molar refractivity (Wildman–Crippen MR) is 91.1 cm³/mol. The lowest BCUT2D eigenvalue weighted by Crippen LogP contribution is -2.40. The standard InChI is InChI=1S/C17H28ClN3/c1-5-14-8-6-7-9-21(14)16-15(18)10-13(11-19-16)12-20-17(2,3)4/h10-11,14,20H,5-9,12H2,1-4H3. The molecule has 3 nitrogen and oxygen atoms in total. The zero-order valence-electron chi connectivity index (χ0n) is 13.7. The van der Waals surface area contributed by atoms with Crippen molar-refractivity contribution in [1.82, 2.24) is 10.3 Å². The second-order valence-electron chi connectivity index (χ2n) is 7.00. The molecule has 1 aliphatic heterocycles. The van der Waals surface area contributed by atoms with Crippen LogP contribution in [-0.4, -0.2) is 23.1 Å². The Morgan fingerprint density at radius 1 is 1.38 bits per heavy atom. The number of hydrogen-bond donors (Lipinski definition) is 1. The van der Waals surface area contributed by atoms with Crippen LogP contribution >= 0.6 is 11.6 Å². The van der Waals surface area contributed by atoms with Crippen LogP contribution in [0, 0.1) is 0 Å². The zero-order chi connectivity index (χ0) is 15.5. The molecule has 1 unspecified atom stereocenters. The first-order valence-electron chi connectivity index (χ1n) is 8.07. The number of pyridine rings is 1. The molecule has 1 atom stereocenters. The Bertz CT molecular complexity index is 468. The Morgan fingerprint density at radius 2 is 2.14 bits per heavy atom. The van der Waals surface area contributed by atoms with Gasteiger partial charge in [-0.2, -0.15) is 0 Å². The van der Waals surface area contributed by atoms with Gasteiger partial charge in [-0.25, -0.2) is 4.98 Å². The summed E-state index contributed by atoms with van der Waals surface area (Å²) < 4.78 is 0. The summed E-state index contributed by atoms with van der Waals surface area (Å²) in [5.41, 5.74) is 1.24. The zero-order valence-corrected chi connectivity index (χ0v) is 14.5. The van der Waals surface area contributed by atoms with Crippen LogP contribution in [0.4, 0.5) is 5.82 Å². The number of hydrogen-bond acceptors (Lipinski definition) is 3. The summed E-state index contributed by atoms with van der Waals surface area (Å²) in [4.78, 5) is 7.05. The fraction of sp³-hybridized carbons (Fsp3) is 0.706. The first-order valence-corrected chi connectivity index (χ1v) is 8.44. The van der Waals surface area contributed by atoms with Gasteiger partial charge >= 0.3 is 0 Å². The third-order valence-corrected chi connectivity index (χ3v) is 4.35. The first kappa shape index (κ1) is 16.6. The Hall–Kier alpha value is -0.800. The van der Waals surface area contributed by atoms with Crippen molar-refractivity contribution in [2.45, 2.75) is 71.5 Å². The summed E-state index contributed by atoms with van der Waals surface area (Å²) in [6.45, 7) is 10.6. The number of aromatic nitrogens is 1. The molecule has 0 saturated carbocycles. The number of halogens is 1. The molecular formula is C17H28ClN3. The van der Waals surface area contributed by atoms with Gasteiger partial charge in [0.2, 0.25) is 0 Å². The summed E-state index contributed by atoms with van der Waals surface area (Å²) >= 11 is 6.50. The maximum absolute atomic E-state index is 6.50. The van der Waals surface area contributed by atoms with E-state index in [-0.39, 0.29) is 5.54 Å². The average molecular weight is 310 g/mol. The van der Waals surface area contributed by atoms with Crippen LogP contribution in [-0.2, 0) is 6.54 Å². The highest BCUT2D eigenvalue weighted by Gasteiger charge is 2.24. The van der Waals surface area contributed by atoms with Crippen molar-refractivity contribution in [3.63, 3.8) is 0 Å². The minimum absolute atomic E-state index is 0.103. The molecule has 0 aliphatic carbocycles. The summed E-state index contributed by atoms with van der Waals surface area (Å²) in [7, 11) is 0. The highest BCUT2D eigenvalue weighted by Crippen LogP contribution is 2.30. The SMILES string of the molecule is CCC1CCCCN1c1ncc(CNC(C)(C)C)cc1Cl. The summed E-state index contributed by atoms with van der Waals surface area (Å²) in [6.07, 6.45) is 6.93.